The van der Waals surface area contributed by atoms with E-state index in [4.69, 9.17) is 4.74 Å². The molecular weight excluding hydrogens is 401 g/mol. The van der Waals surface area contributed by atoms with Gasteiger partial charge in [0.05, 0.1) is 11.7 Å². The van der Waals surface area contributed by atoms with Gasteiger partial charge >= 0.3 is 0 Å². The van der Waals surface area contributed by atoms with Crippen LogP contribution in [0.4, 0.5) is 13.2 Å². The van der Waals surface area contributed by atoms with Crippen LogP contribution in [0.1, 0.15) is 49.0 Å². The minimum atomic E-state index is -1.47. The number of Topliss-reactive ketones (excluding diaryl/α,β-unsaturated/α-hetero) is 1. The van der Waals surface area contributed by atoms with Crippen LogP contribution in [0.3, 0.4) is 0 Å². The highest BCUT2D eigenvalue weighted by Crippen LogP contribution is 2.27. The Morgan fingerprint density at radius 2 is 1.97 bits per heavy atom. The van der Waals surface area contributed by atoms with Crippen molar-refractivity contribution in [3.8, 4) is 0 Å². The van der Waals surface area contributed by atoms with Crippen LogP contribution >= 0.6 is 0 Å². The highest BCUT2D eigenvalue weighted by molar-refractivity contribution is 5.99. The van der Waals surface area contributed by atoms with E-state index in [0.717, 1.165) is 6.92 Å². The number of benzene rings is 1. The molecule has 1 aromatic rings. The quantitative estimate of drug-likeness (QED) is 0.735. The number of hydrogen-bond acceptors (Lipinski definition) is 4. The molecule has 3 unspecified atom stereocenters. The first-order valence-corrected chi connectivity index (χ1v) is 10.0. The molecule has 0 aromatic heterocycles. The third-order valence-electron chi connectivity index (χ3n) is 5.57. The van der Waals surface area contributed by atoms with Gasteiger partial charge in [-0.3, -0.25) is 14.4 Å². The number of nitrogens with zero attached hydrogens (tertiary/aromatic N) is 1. The SMILES string of the molecule is Cc1c(F)cc(C(=O)NC(CC(C)C)C(=O)N2CCCC3OCC(=O)C32)c(F)c1F. The number of likely N-dealkylation sites (tertiary alicyclic amines) is 1. The molecule has 0 radical (unpaired) electrons. The molecule has 0 saturated carbocycles. The molecule has 3 atom stereocenters. The van der Waals surface area contributed by atoms with E-state index in [-0.39, 0.29) is 30.8 Å². The molecule has 0 bridgehead atoms. The van der Waals surface area contributed by atoms with Crippen LogP contribution in [0, 0.1) is 30.3 Å². The number of halogens is 3. The second-order valence-corrected chi connectivity index (χ2v) is 8.25. The molecule has 0 aliphatic carbocycles. The number of carbonyl (C=O) groups excluding carboxylic acids is 3. The minimum Gasteiger partial charge on any atom is -0.368 e. The van der Waals surface area contributed by atoms with E-state index >= 15 is 0 Å². The fourth-order valence-corrected chi connectivity index (χ4v) is 4.02. The van der Waals surface area contributed by atoms with Gasteiger partial charge in [0, 0.05) is 12.1 Å². The van der Waals surface area contributed by atoms with Crippen molar-refractivity contribution >= 4 is 17.6 Å². The molecule has 2 aliphatic rings. The van der Waals surface area contributed by atoms with Crippen LogP contribution < -0.4 is 5.32 Å². The normalized spacial score (nSPS) is 22.2. The maximum absolute atomic E-state index is 14.2. The van der Waals surface area contributed by atoms with Crippen molar-refractivity contribution in [3.63, 3.8) is 0 Å². The van der Waals surface area contributed by atoms with Gasteiger partial charge < -0.3 is 15.0 Å². The van der Waals surface area contributed by atoms with E-state index in [1.807, 2.05) is 13.8 Å². The zero-order chi connectivity index (χ0) is 22.2. The summed E-state index contributed by atoms with van der Waals surface area (Å²) in [6.07, 6.45) is 1.15. The van der Waals surface area contributed by atoms with Crippen LogP contribution in [0.25, 0.3) is 0 Å². The molecule has 3 rings (SSSR count). The molecule has 1 N–H and O–H groups in total. The molecule has 2 saturated heterocycles. The van der Waals surface area contributed by atoms with Gasteiger partial charge in [0.1, 0.15) is 24.5 Å². The summed E-state index contributed by atoms with van der Waals surface area (Å²) in [5.74, 6) is -5.77. The van der Waals surface area contributed by atoms with E-state index in [0.29, 0.717) is 25.5 Å². The first kappa shape index (κ1) is 22.3. The predicted molar refractivity (Wildman–Crippen MR) is 101 cm³/mol. The fourth-order valence-electron chi connectivity index (χ4n) is 4.02. The van der Waals surface area contributed by atoms with E-state index in [9.17, 15) is 27.6 Å². The number of fused-ring (bicyclic) bond motifs is 1. The Morgan fingerprint density at radius 3 is 2.63 bits per heavy atom. The van der Waals surface area contributed by atoms with Crippen LogP contribution in [-0.4, -0.2) is 53.8 Å². The van der Waals surface area contributed by atoms with Crippen LogP contribution in [0.2, 0.25) is 0 Å². The summed E-state index contributed by atoms with van der Waals surface area (Å²) < 4.78 is 47.4. The smallest absolute Gasteiger partial charge is 0.255 e. The van der Waals surface area contributed by atoms with Crippen molar-refractivity contribution < 1.29 is 32.3 Å². The van der Waals surface area contributed by atoms with E-state index in [1.54, 1.807) is 0 Å². The number of amides is 2. The number of carbonyl (C=O) groups is 3. The summed E-state index contributed by atoms with van der Waals surface area (Å²) in [7, 11) is 0. The van der Waals surface area contributed by atoms with Crippen molar-refractivity contribution in [1.29, 1.82) is 0 Å². The maximum Gasteiger partial charge on any atom is 0.255 e. The lowest BCUT2D eigenvalue weighted by Gasteiger charge is -2.37. The number of hydrogen-bond donors (Lipinski definition) is 1. The maximum atomic E-state index is 14.2. The van der Waals surface area contributed by atoms with Crippen molar-refractivity contribution in [1.82, 2.24) is 10.2 Å². The van der Waals surface area contributed by atoms with Gasteiger partial charge in [0.25, 0.3) is 5.91 Å². The monoisotopic (exact) mass is 426 g/mol. The van der Waals surface area contributed by atoms with Crippen LogP contribution in [0.15, 0.2) is 6.07 Å². The molecule has 6 nitrogen and oxygen atoms in total. The summed E-state index contributed by atoms with van der Waals surface area (Å²) >= 11 is 0. The molecule has 2 fully saturated rings. The first-order chi connectivity index (χ1) is 14.1. The van der Waals surface area contributed by atoms with Gasteiger partial charge in [-0.25, -0.2) is 13.2 Å². The van der Waals surface area contributed by atoms with Crippen LogP contribution in [0.5, 0.6) is 0 Å². The Hall–Kier alpha value is -2.42. The minimum absolute atomic E-state index is 0.0216. The Morgan fingerprint density at radius 1 is 1.27 bits per heavy atom. The lowest BCUT2D eigenvalue weighted by atomic mass is 9.95. The third kappa shape index (κ3) is 4.21. The number of piperidine rings is 1. The van der Waals surface area contributed by atoms with Gasteiger partial charge in [0.2, 0.25) is 5.91 Å². The molecule has 2 aliphatic heterocycles. The number of rotatable bonds is 5. The van der Waals surface area contributed by atoms with Crippen molar-refractivity contribution in [2.45, 2.75) is 58.2 Å². The summed E-state index contributed by atoms with van der Waals surface area (Å²) in [6.45, 7) is 5.01. The summed E-state index contributed by atoms with van der Waals surface area (Å²) in [5.41, 5.74) is -1.34. The van der Waals surface area contributed by atoms with E-state index < -0.39 is 52.5 Å². The Balaban J connectivity index is 1.85. The third-order valence-corrected chi connectivity index (χ3v) is 5.57. The molecule has 30 heavy (non-hydrogen) atoms. The number of nitrogens with one attached hydrogen (secondary N) is 1. The zero-order valence-electron chi connectivity index (χ0n) is 17.1. The average molecular weight is 426 g/mol. The second kappa shape index (κ2) is 8.75. The summed E-state index contributed by atoms with van der Waals surface area (Å²) in [5, 5.41) is 2.42. The zero-order valence-corrected chi connectivity index (χ0v) is 17.1. The van der Waals surface area contributed by atoms with Crippen molar-refractivity contribution in [2.24, 2.45) is 5.92 Å². The van der Waals surface area contributed by atoms with E-state index in [2.05, 4.69) is 5.32 Å². The molecule has 2 heterocycles. The lowest BCUT2D eigenvalue weighted by molar-refractivity contribution is -0.142. The molecule has 2 amide bonds. The standard InChI is InChI=1S/C21H25F3N2O4/c1-10(2)7-14(21(29)26-6-4-5-16-19(26)15(27)9-30-16)25-20(28)12-8-13(22)11(3)17(23)18(12)24/h8,10,14,16,19H,4-7,9H2,1-3H3,(H,25,28). The Labute approximate surface area is 172 Å². The van der Waals surface area contributed by atoms with Gasteiger partial charge in [-0.2, -0.15) is 0 Å². The Kier molecular flexibility index (Phi) is 6.50. The molecular formula is C21H25F3N2O4. The summed E-state index contributed by atoms with van der Waals surface area (Å²) in [6, 6.07) is -1.16. The Bertz CT molecular complexity index is 874. The predicted octanol–water partition coefficient (Wildman–Crippen LogP) is 2.52. The summed E-state index contributed by atoms with van der Waals surface area (Å²) in [4.78, 5) is 39.5. The molecule has 0 spiro atoms. The van der Waals surface area contributed by atoms with Crippen LogP contribution in [-0.2, 0) is 14.3 Å². The highest BCUT2D eigenvalue weighted by Gasteiger charge is 2.45. The van der Waals surface area contributed by atoms with Gasteiger partial charge in [-0.15, -0.1) is 0 Å². The van der Waals surface area contributed by atoms with Gasteiger partial charge in [-0.1, -0.05) is 13.8 Å². The molecule has 9 heteroatoms. The van der Waals surface area contributed by atoms with E-state index in [1.165, 1.54) is 4.90 Å². The lowest BCUT2D eigenvalue weighted by Crippen LogP contribution is -2.58. The van der Waals surface area contributed by atoms with Crippen molar-refractivity contribution in [3.05, 3.63) is 34.6 Å². The molecule has 1 aromatic carbocycles. The number of ketones is 1. The largest absolute Gasteiger partial charge is 0.368 e. The fraction of sp³-hybridized carbons (Fsp3) is 0.571. The first-order valence-electron chi connectivity index (χ1n) is 10.0. The second-order valence-electron chi connectivity index (χ2n) is 8.25. The average Bonchev–Trinajstić information content (AvgIpc) is 3.08. The highest BCUT2D eigenvalue weighted by atomic mass is 19.2. The number of ether oxygens (including phenoxy) is 1. The van der Waals surface area contributed by atoms with Gasteiger partial charge in [0.15, 0.2) is 17.4 Å². The van der Waals surface area contributed by atoms with Crippen molar-refractivity contribution in [2.75, 3.05) is 13.2 Å². The topological polar surface area (TPSA) is 75.7 Å². The van der Waals surface area contributed by atoms with Gasteiger partial charge in [-0.05, 0) is 38.2 Å². The molecule has 164 valence electrons.